The molecule has 1 saturated heterocycles. The largest absolute Gasteiger partial charge is 0.492 e. The Balaban J connectivity index is 1.56. The Morgan fingerprint density at radius 2 is 1.61 bits per heavy atom. The molecule has 2 aromatic carbocycles. The maximum absolute atomic E-state index is 12.9. The molecular weight excluding hydrogens is 502 g/mol. The van der Waals surface area contributed by atoms with E-state index in [0.717, 1.165) is 35.4 Å². The van der Waals surface area contributed by atoms with E-state index >= 15 is 0 Å². The van der Waals surface area contributed by atoms with Crippen molar-refractivity contribution in [1.82, 2.24) is 9.62 Å². The zero-order chi connectivity index (χ0) is 26.3. The number of hydrogen-bond acceptors (Lipinski definition) is 6. The van der Waals surface area contributed by atoms with Gasteiger partial charge in [0.2, 0.25) is 26.0 Å². The van der Waals surface area contributed by atoms with Crippen LogP contribution in [0.25, 0.3) is 0 Å². The molecule has 0 saturated carbocycles. The van der Waals surface area contributed by atoms with E-state index in [1.165, 1.54) is 16.4 Å². The number of hydrogen-bond donors (Lipinski definition) is 1. The van der Waals surface area contributed by atoms with Gasteiger partial charge in [-0.1, -0.05) is 31.0 Å². The van der Waals surface area contributed by atoms with Crippen molar-refractivity contribution in [2.45, 2.75) is 50.5 Å². The SMILES string of the molecule is CC[C@@H](C(=O)NCCOc1ccc(S(=O)(=O)N2CCCCC2)cc1)N(c1ccc(C)cc1)S(C)(=O)=O. The highest BCUT2D eigenvalue weighted by Crippen LogP contribution is 2.24. The third kappa shape index (κ3) is 6.98. The third-order valence-electron chi connectivity index (χ3n) is 6.06. The maximum atomic E-state index is 12.9. The Kier molecular flexibility index (Phi) is 9.37. The number of ether oxygens (including phenoxy) is 1. The number of carbonyl (C=O) groups excluding carboxylic acids is 1. The number of sulfonamides is 2. The average Bonchev–Trinajstić information content (AvgIpc) is 2.86. The second kappa shape index (κ2) is 12.1. The van der Waals surface area contributed by atoms with Crippen molar-refractivity contribution < 1.29 is 26.4 Å². The number of benzene rings is 2. The van der Waals surface area contributed by atoms with Gasteiger partial charge in [-0.3, -0.25) is 9.10 Å². The summed E-state index contributed by atoms with van der Waals surface area (Å²) in [5, 5.41) is 2.74. The highest BCUT2D eigenvalue weighted by Gasteiger charge is 2.31. The topological polar surface area (TPSA) is 113 Å². The fourth-order valence-electron chi connectivity index (χ4n) is 4.18. The maximum Gasteiger partial charge on any atom is 0.244 e. The molecule has 2 aromatic rings. The van der Waals surface area contributed by atoms with E-state index in [2.05, 4.69) is 5.32 Å². The van der Waals surface area contributed by atoms with Gasteiger partial charge in [-0.25, -0.2) is 16.8 Å². The summed E-state index contributed by atoms with van der Waals surface area (Å²) in [7, 11) is -7.20. The summed E-state index contributed by atoms with van der Waals surface area (Å²) in [5.74, 6) is 0.0568. The van der Waals surface area contributed by atoms with Gasteiger partial charge < -0.3 is 10.1 Å². The van der Waals surface area contributed by atoms with Crippen LogP contribution in [-0.2, 0) is 24.8 Å². The van der Waals surface area contributed by atoms with Crippen LogP contribution in [0.15, 0.2) is 53.4 Å². The molecular formula is C25H35N3O6S2. The molecule has 11 heteroatoms. The number of piperidine rings is 1. The van der Waals surface area contributed by atoms with Crippen molar-refractivity contribution in [3.8, 4) is 5.75 Å². The van der Waals surface area contributed by atoms with Gasteiger partial charge in [-0.15, -0.1) is 0 Å². The first-order valence-electron chi connectivity index (χ1n) is 12.1. The van der Waals surface area contributed by atoms with Crippen LogP contribution in [0.2, 0.25) is 0 Å². The van der Waals surface area contributed by atoms with Crippen molar-refractivity contribution >= 4 is 31.6 Å². The van der Waals surface area contributed by atoms with Gasteiger partial charge in [0.1, 0.15) is 18.4 Å². The highest BCUT2D eigenvalue weighted by atomic mass is 32.2. The number of nitrogens with zero attached hydrogens (tertiary/aromatic N) is 2. The second-order valence-electron chi connectivity index (χ2n) is 8.89. The summed E-state index contributed by atoms with van der Waals surface area (Å²) in [4.78, 5) is 13.1. The number of rotatable bonds is 11. The number of amides is 1. The normalized spacial score (nSPS) is 15.8. The van der Waals surface area contributed by atoms with Crippen LogP contribution in [-0.4, -0.2) is 65.6 Å². The van der Waals surface area contributed by atoms with E-state index in [0.29, 0.717) is 30.9 Å². The lowest BCUT2D eigenvalue weighted by molar-refractivity contribution is -0.122. The first-order valence-corrected chi connectivity index (χ1v) is 15.4. The van der Waals surface area contributed by atoms with Crippen molar-refractivity contribution in [1.29, 1.82) is 0 Å². The molecule has 198 valence electrons. The molecule has 1 amide bonds. The molecule has 3 rings (SSSR count). The molecule has 1 atom stereocenters. The lowest BCUT2D eigenvalue weighted by Crippen LogP contribution is -2.50. The highest BCUT2D eigenvalue weighted by molar-refractivity contribution is 7.92. The van der Waals surface area contributed by atoms with Crippen LogP contribution < -0.4 is 14.4 Å². The van der Waals surface area contributed by atoms with E-state index in [9.17, 15) is 21.6 Å². The molecule has 36 heavy (non-hydrogen) atoms. The van der Waals surface area contributed by atoms with Crippen LogP contribution in [0.1, 0.15) is 38.2 Å². The molecule has 1 aliphatic rings. The summed E-state index contributed by atoms with van der Waals surface area (Å²) in [5.41, 5.74) is 1.42. The van der Waals surface area contributed by atoms with Gasteiger partial charge in [0.15, 0.2) is 0 Å². The Bertz CT molecular complexity index is 1220. The van der Waals surface area contributed by atoms with E-state index < -0.39 is 32.0 Å². The van der Waals surface area contributed by atoms with Crippen molar-refractivity contribution in [3.63, 3.8) is 0 Å². The predicted molar refractivity (Wildman–Crippen MR) is 140 cm³/mol. The van der Waals surface area contributed by atoms with Crippen LogP contribution in [0.5, 0.6) is 5.75 Å². The first-order chi connectivity index (χ1) is 17.0. The van der Waals surface area contributed by atoms with Crippen molar-refractivity contribution in [2.24, 2.45) is 0 Å². The van der Waals surface area contributed by atoms with Gasteiger partial charge in [0, 0.05) is 13.1 Å². The van der Waals surface area contributed by atoms with Gasteiger partial charge >= 0.3 is 0 Å². The molecule has 0 bridgehead atoms. The van der Waals surface area contributed by atoms with Gasteiger partial charge in [0.25, 0.3) is 0 Å². The summed E-state index contributed by atoms with van der Waals surface area (Å²) < 4.78 is 58.9. The fraction of sp³-hybridized carbons (Fsp3) is 0.480. The molecule has 1 N–H and O–H groups in total. The van der Waals surface area contributed by atoms with Gasteiger partial charge in [0.05, 0.1) is 23.4 Å². The molecule has 0 spiro atoms. The minimum atomic E-state index is -3.70. The van der Waals surface area contributed by atoms with Gasteiger partial charge in [-0.2, -0.15) is 4.31 Å². The molecule has 1 fully saturated rings. The second-order valence-corrected chi connectivity index (χ2v) is 12.7. The molecule has 9 nitrogen and oxygen atoms in total. The Morgan fingerprint density at radius 1 is 1.00 bits per heavy atom. The fourth-order valence-corrected chi connectivity index (χ4v) is 6.90. The average molecular weight is 538 g/mol. The molecule has 0 radical (unpaired) electrons. The van der Waals surface area contributed by atoms with E-state index in [1.807, 2.05) is 6.92 Å². The molecule has 1 heterocycles. The van der Waals surface area contributed by atoms with E-state index in [-0.39, 0.29) is 18.0 Å². The van der Waals surface area contributed by atoms with Crippen molar-refractivity contribution in [2.75, 3.05) is 36.8 Å². The Labute approximate surface area is 214 Å². The standard InChI is InChI=1S/C25H35N3O6S2/c1-4-24(28(35(3,30)31)21-10-8-20(2)9-11-21)25(29)26-16-19-34-22-12-14-23(15-13-22)36(32,33)27-17-6-5-7-18-27/h8-15,24H,4-7,16-19H2,1-3H3,(H,26,29)/t24-/m0/s1. The van der Waals surface area contributed by atoms with Crippen molar-refractivity contribution in [3.05, 3.63) is 54.1 Å². The zero-order valence-corrected chi connectivity index (χ0v) is 22.6. The van der Waals surface area contributed by atoms with Gasteiger partial charge in [-0.05, 0) is 62.6 Å². The number of anilines is 1. The van der Waals surface area contributed by atoms with E-state index in [4.69, 9.17) is 4.74 Å². The van der Waals surface area contributed by atoms with Crippen LogP contribution in [0.3, 0.4) is 0 Å². The summed E-state index contributed by atoms with van der Waals surface area (Å²) in [6, 6.07) is 12.3. The van der Waals surface area contributed by atoms with E-state index in [1.54, 1.807) is 43.3 Å². The smallest absolute Gasteiger partial charge is 0.244 e. The lowest BCUT2D eigenvalue weighted by Gasteiger charge is -2.30. The molecule has 1 aliphatic heterocycles. The molecule has 0 aliphatic carbocycles. The Hall–Kier alpha value is -2.63. The summed E-state index contributed by atoms with van der Waals surface area (Å²) in [6.45, 7) is 5.05. The third-order valence-corrected chi connectivity index (χ3v) is 9.16. The zero-order valence-electron chi connectivity index (χ0n) is 21.0. The minimum absolute atomic E-state index is 0.143. The molecule has 0 unspecified atom stereocenters. The molecule has 0 aromatic heterocycles. The first kappa shape index (κ1) is 27.9. The van der Waals surface area contributed by atoms with Crippen LogP contribution in [0, 0.1) is 6.92 Å². The van der Waals surface area contributed by atoms with Crippen LogP contribution >= 0.6 is 0 Å². The number of aryl methyl sites for hydroxylation is 1. The lowest BCUT2D eigenvalue weighted by atomic mass is 10.1. The monoisotopic (exact) mass is 537 g/mol. The summed E-state index contributed by atoms with van der Waals surface area (Å²) >= 11 is 0. The minimum Gasteiger partial charge on any atom is -0.492 e. The number of nitrogens with one attached hydrogen (secondary N) is 1. The predicted octanol–water partition coefficient (Wildman–Crippen LogP) is 2.91. The summed E-state index contributed by atoms with van der Waals surface area (Å²) in [6.07, 6.45) is 4.17. The number of carbonyl (C=O) groups is 1. The quantitative estimate of drug-likeness (QED) is 0.441. The van der Waals surface area contributed by atoms with Crippen LogP contribution in [0.4, 0.5) is 5.69 Å². The Morgan fingerprint density at radius 3 is 2.17 bits per heavy atom.